The highest BCUT2D eigenvalue weighted by Gasteiger charge is 2.39. The summed E-state index contributed by atoms with van der Waals surface area (Å²) in [6, 6.07) is 1.05. The van der Waals surface area contributed by atoms with Gasteiger partial charge in [-0.15, -0.1) is 0 Å². The smallest absolute Gasteiger partial charge is 0.307 e. The van der Waals surface area contributed by atoms with E-state index in [-0.39, 0.29) is 17.9 Å². The second kappa shape index (κ2) is 5.72. The van der Waals surface area contributed by atoms with Crippen LogP contribution < -0.4 is 5.32 Å². The number of nitrogens with one attached hydrogen (secondary N) is 1. The molecule has 2 N–H and O–H groups in total. The summed E-state index contributed by atoms with van der Waals surface area (Å²) in [4.78, 5) is 25.9. The summed E-state index contributed by atoms with van der Waals surface area (Å²) in [5, 5.41) is 12.3. The van der Waals surface area contributed by atoms with E-state index in [2.05, 4.69) is 10.2 Å². The van der Waals surface area contributed by atoms with E-state index in [1.54, 1.807) is 0 Å². The van der Waals surface area contributed by atoms with Crippen LogP contribution in [-0.2, 0) is 9.59 Å². The van der Waals surface area contributed by atoms with Gasteiger partial charge in [0.25, 0.3) is 0 Å². The van der Waals surface area contributed by atoms with Crippen molar-refractivity contribution in [3.63, 3.8) is 0 Å². The van der Waals surface area contributed by atoms with Gasteiger partial charge in [-0.2, -0.15) is 0 Å². The molecular weight excluding hydrogens is 256 g/mol. The number of likely N-dealkylation sites (tertiary alicyclic amines) is 1. The van der Waals surface area contributed by atoms with Crippen molar-refractivity contribution in [1.29, 1.82) is 0 Å². The van der Waals surface area contributed by atoms with Crippen LogP contribution in [0, 0.1) is 11.8 Å². The van der Waals surface area contributed by atoms with Gasteiger partial charge in [-0.3, -0.25) is 9.59 Å². The first-order chi connectivity index (χ1) is 9.65. The Labute approximate surface area is 119 Å². The van der Waals surface area contributed by atoms with Crippen LogP contribution >= 0.6 is 0 Å². The van der Waals surface area contributed by atoms with E-state index in [0.717, 1.165) is 44.8 Å². The molecule has 0 radical (unpaired) electrons. The zero-order valence-corrected chi connectivity index (χ0v) is 11.9. The fraction of sp³-hybridized carbons (Fsp3) is 0.867. The molecule has 112 valence electrons. The molecule has 2 atom stereocenters. The molecule has 3 rings (SSSR count). The average Bonchev–Trinajstić information content (AvgIpc) is 3.15. The number of rotatable bonds is 4. The second-order valence-electron chi connectivity index (χ2n) is 6.53. The predicted molar refractivity (Wildman–Crippen MR) is 74.2 cm³/mol. The molecule has 2 unspecified atom stereocenters. The molecule has 0 aromatic rings. The van der Waals surface area contributed by atoms with E-state index in [9.17, 15) is 9.59 Å². The molecule has 1 aliphatic heterocycles. The summed E-state index contributed by atoms with van der Waals surface area (Å²) < 4.78 is 0. The molecule has 3 aliphatic rings. The number of hydrogen-bond donors (Lipinski definition) is 2. The Morgan fingerprint density at radius 3 is 2.20 bits per heavy atom. The molecule has 5 heteroatoms. The molecular formula is C15H24N2O3. The molecule has 3 fully saturated rings. The van der Waals surface area contributed by atoms with Crippen molar-refractivity contribution in [1.82, 2.24) is 10.2 Å². The Hall–Kier alpha value is -1.10. The van der Waals surface area contributed by atoms with Crippen LogP contribution in [0.2, 0.25) is 0 Å². The second-order valence-corrected chi connectivity index (χ2v) is 6.53. The van der Waals surface area contributed by atoms with Crippen LogP contribution in [0.3, 0.4) is 0 Å². The van der Waals surface area contributed by atoms with Gasteiger partial charge >= 0.3 is 5.97 Å². The van der Waals surface area contributed by atoms with Gasteiger partial charge < -0.3 is 15.3 Å². The number of amides is 1. The van der Waals surface area contributed by atoms with Crippen LogP contribution in [-0.4, -0.2) is 47.1 Å². The van der Waals surface area contributed by atoms with Crippen LogP contribution in [0.25, 0.3) is 0 Å². The van der Waals surface area contributed by atoms with E-state index in [1.807, 2.05) is 0 Å². The number of carboxylic acids is 1. The minimum Gasteiger partial charge on any atom is -0.481 e. The molecule has 20 heavy (non-hydrogen) atoms. The van der Waals surface area contributed by atoms with Crippen molar-refractivity contribution >= 4 is 11.9 Å². The van der Waals surface area contributed by atoms with E-state index in [1.165, 1.54) is 12.8 Å². The van der Waals surface area contributed by atoms with E-state index < -0.39 is 11.9 Å². The SMILES string of the molecule is O=C(O)C1CCCC1C(=O)NC1CCN(C2CC2)CC1. The van der Waals surface area contributed by atoms with Crippen LogP contribution in [0.1, 0.15) is 44.9 Å². The lowest BCUT2D eigenvalue weighted by Gasteiger charge is -2.33. The average molecular weight is 280 g/mol. The van der Waals surface area contributed by atoms with Gasteiger partial charge in [0, 0.05) is 25.2 Å². The summed E-state index contributed by atoms with van der Waals surface area (Å²) >= 11 is 0. The summed E-state index contributed by atoms with van der Waals surface area (Å²) in [5.74, 6) is -1.62. The number of nitrogens with zero attached hydrogens (tertiary/aromatic N) is 1. The van der Waals surface area contributed by atoms with E-state index in [4.69, 9.17) is 5.11 Å². The lowest BCUT2D eigenvalue weighted by Crippen LogP contribution is -2.47. The van der Waals surface area contributed by atoms with E-state index >= 15 is 0 Å². The lowest BCUT2D eigenvalue weighted by atomic mass is 9.94. The number of carbonyl (C=O) groups is 2. The fourth-order valence-corrected chi connectivity index (χ4v) is 3.73. The van der Waals surface area contributed by atoms with Crippen molar-refractivity contribution in [3.05, 3.63) is 0 Å². The van der Waals surface area contributed by atoms with Crippen molar-refractivity contribution < 1.29 is 14.7 Å². The maximum Gasteiger partial charge on any atom is 0.307 e. The Morgan fingerprint density at radius 2 is 1.60 bits per heavy atom. The van der Waals surface area contributed by atoms with Gasteiger partial charge in [-0.05, 0) is 38.5 Å². The zero-order valence-electron chi connectivity index (χ0n) is 11.9. The largest absolute Gasteiger partial charge is 0.481 e. The fourth-order valence-electron chi connectivity index (χ4n) is 3.73. The Balaban J connectivity index is 1.48. The lowest BCUT2D eigenvalue weighted by molar-refractivity contribution is -0.146. The minimum atomic E-state index is -0.814. The first-order valence-electron chi connectivity index (χ1n) is 7.92. The minimum absolute atomic E-state index is 0.0280. The van der Waals surface area contributed by atoms with Gasteiger partial charge in [-0.25, -0.2) is 0 Å². The van der Waals surface area contributed by atoms with Crippen molar-refractivity contribution in [2.24, 2.45) is 11.8 Å². The first kappa shape index (κ1) is 13.9. The normalized spacial score (nSPS) is 32.2. The van der Waals surface area contributed by atoms with Gasteiger partial charge in [-0.1, -0.05) is 6.42 Å². The van der Waals surface area contributed by atoms with Gasteiger partial charge in [0.2, 0.25) is 5.91 Å². The molecule has 5 nitrogen and oxygen atoms in total. The topological polar surface area (TPSA) is 69.6 Å². The summed E-state index contributed by atoms with van der Waals surface area (Å²) in [5.41, 5.74) is 0. The molecule has 1 amide bonds. The zero-order chi connectivity index (χ0) is 14.1. The maximum atomic E-state index is 12.3. The van der Waals surface area contributed by atoms with Crippen molar-refractivity contribution in [2.45, 2.75) is 57.0 Å². The van der Waals surface area contributed by atoms with Crippen LogP contribution in [0.15, 0.2) is 0 Å². The molecule has 0 aromatic heterocycles. The highest BCUT2D eigenvalue weighted by Crippen LogP contribution is 2.33. The summed E-state index contributed by atoms with van der Waals surface area (Å²) in [7, 11) is 0. The van der Waals surface area contributed by atoms with Gasteiger partial charge in [0.05, 0.1) is 11.8 Å². The van der Waals surface area contributed by atoms with Crippen LogP contribution in [0.4, 0.5) is 0 Å². The Bertz CT molecular complexity index is 387. The Morgan fingerprint density at radius 1 is 0.950 bits per heavy atom. The molecule has 1 heterocycles. The van der Waals surface area contributed by atoms with E-state index in [0.29, 0.717) is 6.42 Å². The molecule has 0 bridgehead atoms. The third kappa shape index (κ3) is 2.97. The Kier molecular flexibility index (Phi) is 3.96. The molecule has 0 spiro atoms. The maximum absolute atomic E-state index is 12.3. The number of piperidine rings is 1. The number of aliphatic carboxylic acids is 1. The monoisotopic (exact) mass is 280 g/mol. The summed E-state index contributed by atoms with van der Waals surface area (Å²) in [6.07, 6.45) is 6.91. The van der Waals surface area contributed by atoms with Crippen LogP contribution in [0.5, 0.6) is 0 Å². The number of carboxylic acid groups (broad SMARTS) is 1. The van der Waals surface area contributed by atoms with Gasteiger partial charge in [0.1, 0.15) is 0 Å². The first-order valence-corrected chi connectivity index (χ1v) is 7.92. The summed E-state index contributed by atoms with van der Waals surface area (Å²) in [6.45, 7) is 2.14. The number of carbonyl (C=O) groups excluding carboxylic acids is 1. The highest BCUT2D eigenvalue weighted by atomic mass is 16.4. The van der Waals surface area contributed by atoms with Crippen molar-refractivity contribution in [2.75, 3.05) is 13.1 Å². The third-order valence-electron chi connectivity index (χ3n) is 5.11. The number of hydrogen-bond acceptors (Lipinski definition) is 3. The van der Waals surface area contributed by atoms with Gasteiger partial charge in [0.15, 0.2) is 0 Å². The quantitative estimate of drug-likeness (QED) is 0.812. The molecule has 2 saturated carbocycles. The standard InChI is InChI=1S/C15H24N2O3/c18-14(12-2-1-3-13(12)15(19)20)16-10-6-8-17(9-7-10)11-4-5-11/h10-13H,1-9H2,(H,16,18)(H,19,20). The third-order valence-corrected chi connectivity index (χ3v) is 5.11. The van der Waals surface area contributed by atoms with Crippen molar-refractivity contribution in [3.8, 4) is 0 Å². The predicted octanol–water partition coefficient (Wildman–Crippen LogP) is 1.23. The highest BCUT2D eigenvalue weighted by molar-refractivity contribution is 5.85. The molecule has 2 aliphatic carbocycles. The molecule has 1 saturated heterocycles. The molecule has 0 aromatic carbocycles.